The van der Waals surface area contributed by atoms with Crippen molar-refractivity contribution < 1.29 is 37.5 Å². The highest BCUT2D eigenvalue weighted by Gasteiger charge is 2.36. The van der Waals surface area contributed by atoms with Crippen molar-refractivity contribution in [1.29, 1.82) is 0 Å². The number of amides is 4. The van der Waals surface area contributed by atoms with E-state index in [1.807, 2.05) is 0 Å². The third-order valence-corrected chi connectivity index (χ3v) is 4.95. The molecule has 12 heteroatoms. The van der Waals surface area contributed by atoms with E-state index in [0.717, 1.165) is 25.3 Å². The predicted molar refractivity (Wildman–Crippen MR) is 108 cm³/mol. The molecule has 0 aromatic heterocycles. The molecule has 1 aliphatic rings. The number of halogens is 2. The molecule has 3 atom stereocenters. The molecule has 0 radical (unpaired) electrons. The van der Waals surface area contributed by atoms with Gasteiger partial charge in [0.25, 0.3) is 18.2 Å². The van der Waals surface area contributed by atoms with E-state index in [0.29, 0.717) is 6.42 Å². The van der Waals surface area contributed by atoms with Crippen molar-refractivity contribution in [3.63, 3.8) is 0 Å². The fourth-order valence-corrected chi connectivity index (χ4v) is 3.35. The summed E-state index contributed by atoms with van der Waals surface area (Å²) in [7, 11) is 2.31. The van der Waals surface area contributed by atoms with Crippen molar-refractivity contribution >= 4 is 35.3 Å². The molecule has 10 nitrogen and oxygen atoms in total. The minimum atomic E-state index is -2.90. The lowest BCUT2D eigenvalue weighted by Gasteiger charge is -2.20. The van der Waals surface area contributed by atoms with Gasteiger partial charge in [-0.05, 0) is 31.9 Å². The van der Waals surface area contributed by atoms with Gasteiger partial charge >= 0.3 is 6.09 Å². The van der Waals surface area contributed by atoms with Gasteiger partial charge < -0.3 is 20.7 Å². The molecule has 0 unspecified atom stereocenters. The van der Waals surface area contributed by atoms with Crippen LogP contribution in [-0.2, 0) is 19.1 Å². The average Bonchev–Trinajstić information content (AvgIpc) is 3.08. The predicted octanol–water partition coefficient (Wildman–Crippen LogP) is 1.13. The van der Waals surface area contributed by atoms with Crippen molar-refractivity contribution in [3.8, 4) is 0 Å². The minimum absolute atomic E-state index is 0.141. The third kappa shape index (κ3) is 5.99. The number of likely N-dealkylation sites (N-methyl/N-ethyl adjacent to an activating group) is 1. The molecule has 1 fully saturated rings. The van der Waals surface area contributed by atoms with E-state index in [9.17, 15) is 32.8 Å². The van der Waals surface area contributed by atoms with Gasteiger partial charge in [-0.15, -0.1) is 0 Å². The summed E-state index contributed by atoms with van der Waals surface area (Å²) < 4.78 is 30.8. The Labute approximate surface area is 182 Å². The topological polar surface area (TPSA) is 143 Å². The van der Waals surface area contributed by atoms with E-state index >= 15 is 0 Å². The summed E-state index contributed by atoms with van der Waals surface area (Å²) in [4.78, 5) is 61.0. The minimum Gasteiger partial charge on any atom is -0.453 e. The molecule has 0 aliphatic carbocycles. The number of rotatable bonds is 8. The molecule has 1 aromatic carbocycles. The highest BCUT2D eigenvalue weighted by molar-refractivity contribution is 6.38. The second-order valence-electron chi connectivity index (χ2n) is 7.27. The van der Waals surface area contributed by atoms with Crippen molar-refractivity contribution in [1.82, 2.24) is 16.0 Å². The molecule has 0 spiro atoms. The molecule has 4 amide bonds. The number of alkyl halides is 2. The van der Waals surface area contributed by atoms with Gasteiger partial charge in [0.05, 0.1) is 24.4 Å². The van der Waals surface area contributed by atoms with Crippen LogP contribution in [0.1, 0.15) is 42.1 Å². The number of carbonyl (C=O) groups excluding carboxylic acids is 5. The van der Waals surface area contributed by atoms with Crippen molar-refractivity contribution in [3.05, 3.63) is 29.3 Å². The molecule has 174 valence electrons. The van der Waals surface area contributed by atoms with Crippen LogP contribution in [0.4, 0.5) is 19.3 Å². The molecular weight excluding hydrogens is 430 g/mol. The van der Waals surface area contributed by atoms with Gasteiger partial charge in [-0.25, -0.2) is 13.6 Å². The molecule has 4 N–H and O–H groups in total. The van der Waals surface area contributed by atoms with Crippen LogP contribution in [-0.4, -0.2) is 55.8 Å². The summed E-state index contributed by atoms with van der Waals surface area (Å²) in [5.74, 6) is -3.94. The second-order valence-corrected chi connectivity index (χ2v) is 7.27. The lowest BCUT2D eigenvalue weighted by molar-refractivity contribution is -0.139. The van der Waals surface area contributed by atoms with Crippen LogP contribution in [0.15, 0.2) is 18.2 Å². The average molecular weight is 454 g/mol. The number of methoxy groups -OCH3 is 1. The number of hydrogen-bond donors (Lipinski definition) is 4. The van der Waals surface area contributed by atoms with E-state index in [4.69, 9.17) is 0 Å². The van der Waals surface area contributed by atoms with E-state index < -0.39 is 47.6 Å². The Balaban J connectivity index is 2.35. The van der Waals surface area contributed by atoms with Crippen LogP contribution in [0.2, 0.25) is 0 Å². The van der Waals surface area contributed by atoms with Crippen molar-refractivity contribution in [2.75, 3.05) is 19.5 Å². The lowest BCUT2D eigenvalue weighted by Crippen LogP contribution is -2.48. The van der Waals surface area contributed by atoms with Crippen molar-refractivity contribution in [2.24, 2.45) is 5.92 Å². The first kappa shape index (κ1) is 24.7. The molecule has 1 aliphatic heterocycles. The number of nitrogens with one attached hydrogen (secondary N) is 4. The van der Waals surface area contributed by atoms with E-state index in [1.165, 1.54) is 7.05 Å². The molecule has 1 heterocycles. The summed E-state index contributed by atoms with van der Waals surface area (Å²) in [5.41, 5.74) is -1.01. The monoisotopic (exact) mass is 454 g/mol. The fraction of sp³-hybridized carbons (Fsp3) is 0.450. The molecule has 1 saturated heterocycles. The SMILES string of the molecule is CNC(=O)C(=O)[C@H](C[C@@H]1C[C@@H](C)NC1=O)NC(=O)c1cc(C(F)F)ccc1NC(=O)OC. The largest absolute Gasteiger partial charge is 0.453 e. The van der Waals surface area contributed by atoms with Gasteiger partial charge in [-0.2, -0.15) is 0 Å². The maximum atomic E-state index is 13.2. The zero-order chi connectivity index (χ0) is 24.0. The standard InChI is InChI=1S/C20H24F2N4O6/c1-9-6-11(17(28)24-9)8-14(15(27)19(30)23-2)25-18(29)12-7-10(16(21)22)4-5-13(12)26-20(31)32-3/h4-5,7,9,11,14,16H,6,8H2,1-3H3,(H,23,30)(H,24,28)(H,25,29)(H,26,31)/t9-,11+,14+/m1/s1. The van der Waals surface area contributed by atoms with E-state index in [1.54, 1.807) is 6.92 Å². The number of hydrogen-bond acceptors (Lipinski definition) is 6. The van der Waals surface area contributed by atoms with E-state index in [2.05, 4.69) is 26.0 Å². The first-order valence-corrected chi connectivity index (χ1v) is 9.71. The summed E-state index contributed by atoms with van der Waals surface area (Å²) in [5, 5.41) is 9.42. The zero-order valence-electron chi connectivity index (χ0n) is 17.7. The number of carbonyl (C=O) groups is 5. The van der Waals surface area contributed by atoms with Gasteiger partial charge in [-0.3, -0.25) is 24.5 Å². The van der Waals surface area contributed by atoms with Crippen LogP contribution < -0.4 is 21.3 Å². The zero-order valence-corrected chi connectivity index (χ0v) is 17.7. The number of anilines is 1. The fourth-order valence-electron chi connectivity index (χ4n) is 3.35. The summed E-state index contributed by atoms with van der Waals surface area (Å²) >= 11 is 0. The Kier molecular flexibility index (Phi) is 8.21. The normalized spacial score (nSPS) is 18.5. The Hall–Kier alpha value is -3.57. The quantitative estimate of drug-likeness (QED) is 0.434. The van der Waals surface area contributed by atoms with Gasteiger partial charge in [0, 0.05) is 24.6 Å². The number of ketones is 1. The molecule has 2 rings (SSSR count). The lowest BCUT2D eigenvalue weighted by atomic mass is 9.93. The van der Waals surface area contributed by atoms with Crippen LogP contribution in [0, 0.1) is 5.92 Å². The third-order valence-electron chi connectivity index (χ3n) is 4.95. The molecule has 1 aromatic rings. The maximum Gasteiger partial charge on any atom is 0.411 e. The maximum absolute atomic E-state index is 13.2. The van der Waals surface area contributed by atoms with Gasteiger partial charge in [0.15, 0.2) is 0 Å². The summed E-state index contributed by atoms with van der Waals surface area (Å²) in [6, 6.07) is 1.43. The molecule has 0 saturated carbocycles. The van der Waals surface area contributed by atoms with Crippen LogP contribution in [0.5, 0.6) is 0 Å². The van der Waals surface area contributed by atoms with Gasteiger partial charge in [0.1, 0.15) is 0 Å². The highest BCUT2D eigenvalue weighted by Crippen LogP contribution is 2.26. The second kappa shape index (κ2) is 10.6. The summed E-state index contributed by atoms with van der Waals surface area (Å²) in [6.07, 6.45) is -3.62. The Morgan fingerprint density at radius 2 is 1.94 bits per heavy atom. The summed E-state index contributed by atoms with van der Waals surface area (Å²) in [6.45, 7) is 1.77. The molecular formula is C20H24F2N4O6. The first-order valence-electron chi connectivity index (χ1n) is 9.71. The van der Waals surface area contributed by atoms with Gasteiger partial charge in [0.2, 0.25) is 11.7 Å². The number of Topliss-reactive ketones (excluding diaryl/α,β-unsaturated/α-hetero) is 1. The Morgan fingerprint density at radius 1 is 1.25 bits per heavy atom. The Bertz CT molecular complexity index is 923. The van der Waals surface area contributed by atoms with Gasteiger partial charge in [-0.1, -0.05) is 6.07 Å². The first-order chi connectivity index (χ1) is 15.1. The van der Waals surface area contributed by atoms with Crippen molar-refractivity contribution in [2.45, 2.75) is 38.3 Å². The molecule has 0 bridgehead atoms. The number of benzene rings is 1. The Morgan fingerprint density at radius 3 is 2.47 bits per heavy atom. The smallest absolute Gasteiger partial charge is 0.411 e. The van der Waals surface area contributed by atoms with Crippen LogP contribution in [0.25, 0.3) is 0 Å². The van der Waals surface area contributed by atoms with Crippen LogP contribution >= 0.6 is 0 Å². The van der Waals surface area contributed by atoms with Crippen LogP contribution in [0.3, 0.4) is 0 Å². The molecule has 32 heavy (non-hydrogen) atoms. The number of ether oxygens (including phenoxy) is 1. The highest BCUT2D eigenvalue weighted by atomic mass is 19.3. The van der Waals surface area contributed by atoms with E-state index in [-0.39, 0.29) is 29.6 Å².